The summed E-state index contributed by atoms with van der Waals surface area (Å²) < 4.78 is 10.9. The van der Waals surface area contributed by atoms with Gasteiger partial charge in [-0.25, -0.2) is 4.98 Å². The molecule has 1 aromatic rings. The quantitative estimate of drug-likeness (QED) is 0.661. The fourth-order valence-corrected chi connectivity index (χ4v) is 1.52. The molecule has 0 fully saturated rings. The van der Waals surface area contributed by atoms with Crippen LogP contribution in [0.5, 0.6) is 5.88 Å². The Morgan fingerprint density at radius 2 is 1.89 bits per heavy atom. The zero-order valence-corrected chi connectivity index (χ0v) is 12.2. The predicted octanol–water partition coefficient (Wildman–Crippen LogP) is 2.80. The van der Waals surface area contributed by atoms with Crippen LogP contribution in [0.3, 0.4) is 0 Å². The largest absolute Gasteiger partial charge is 0.478 e. The highest BCUT2D eigenvalue weighted by Crippen LogP contribution is 2.12. The lowest BCUT2D eigenvalue weighted by Crippen LogP contribution is -2.10. The number of hydrogen-bond acceptors (Lipinski definition) is 5. The standard InChI is InChI=1S/C14H25N3O2/c1-4-8-18-10-6-7-15-14-16-12(3)11-13(17-14)19-9-5-2/h11H,4-10H2,1-3H3,(H,15,16,17). The summed E-state index contributed by atoms with van der Waals surface area (Å²) in [5.74, 6) is 1.26. The summed E-state index contributed by atoms with van der Waals surface area (Å²) in [5.41, 5.74) is 0.908. The topological polar surface area (TPSA) is 56.3 Å². The van der Waals surface area contributed by atoms with Crippen molar-refractivity contribution in [2.24, 2.45) is 0 Å². The highest BCUT2D eigenvalue weighted by molar-refractivity contribution is 5.30. The third-order valence-electron chi connectivity index (χ3n) is 2.38. The van der Waals surface area contributed by atoms with Crippen LogP contribution in [0.2, 0.25) is 0 Å². The average molecular weight is 267 g/mol. The molecular weight excluding hydrogens is 242 g/mol. The summed E-state index contributed by atoms with van der Waals surface area (Å²) in [5, 5.41) is 3.20. The SMILES string of the molecule is CCCOCCCNc1nc(C)cc(OCCC)n1. The van der Waals surface area contributed by atoms with Gasteiger partial charge in [0.2, 0.25) is 11.8 Å². The molecule has 1 N–H and O–H groups in total. The van der Waals surface area contributed by atoms with Gasteiger partial charge in [0.25, 0.3) is 0 Å². The van der Waals surface area contributed by atoms with Gasteiger partial charge in [0.15, 0.2) is 0 Å². The van der Waals surface area contributed by atoms with Gasteiger partial charge >= 0.3 is 0 Å². The van der Waals surface area contributed by atoms with Crippen molar-refractivity contribution in [3.05, 3.63) is 11.8 Å². The van der Waals surface area contributed by atoms with Crippen LogP contribution in [0.25, 0.3) is 0 Å². The molecular formula is C14H25N3O2. The summed E-state index contributed by atoms with van der Waals surface area (Å²) in [4.78, 5) is 8.65. The highest BCUT2D eigenvalue weighted by Gasteiger charge is 2.02. The Balaban J connectivity index is 2.34. The predicted molar refractivity (Wildman–Crippen MR) is 76.8 cm³/mol. The van der Waals surface area contributed by atoms with Crippen molar-refractivity contribution in [3.8, 4) is 5.88 Å². The molecule has 0 atom stereocenters. The van der Waals surface area contributed by atoms with E-state index in [-0.39, 0.29) is 0 Å². The van der Waals surface area contributed by atoms with Gasteiger partial charge in [-0.15, -0.1) is 0 Å². The molecule has 0 bridgehead atoms. The number of ether oxygens (including phenoxy) is 2. The maximum atomic E-state index is 5.52. The molecule has 0 aliphatic carbocycles. The van der Waals surface area contributed by atoms with Crippen molar-refractivity contribution in [3.63, 3.8) is 0 Å². The molecule has 0 spiro atoms. The van der Waals surface area contributed by atoms with E-state index in [1.807, 2.05) is 13.0 Å². The number of nitrogens with one attached hydrogen (secondary N) is 1. The summed E-state index contributed by atoms with van der Waals surface area (Å²) >= 11 is 0. The van der Waals surface area contributed by atoms with Crippen LogP contribution >= 0.6 is 0 Å². The molecule has 1 aromatic heterocycles. The zero-order valence-electron chi connectivity index (χ0n) is 12.2. The van der Waals surface area contributed by atoms with E-state index in [0.717, 1.165) is 44.7 Å². The minimum absolute atomic E-state index is 0.626. The second-order valence-electron chi connectivity index (χ2n) is 4.41. The van der Waals surface area contributed by atoms with Crippen LogP contribution in [-0.2, 0) is 4.74 Å². The monoisotopic (exact) mass is 267 g/mol. The lowest BCUT2D eigenvalue weighted by molar-refractivity contribution is 0.134. The van der Waals surface area contributed by atoms with E-state index in [1.54, 1.807) is 0 Å². The number of anilines is 1. The number of aromatic nitrogens is 2. The van der Waals surface area contributed by atoms with Gasteiger partial charge in [-0.1, -0.05) is 13.8 Å². The van der Waals surface area contributed by atoms with Gasteiger partial charge in [-0.3, -0.25) is 0 Å². The molecule has 5 nitrogen and oxygen atoms in total. The molecule has 0 saturated carbocycles. The molecule has 0 saturated heterocycles. The van der Waals surface area contributed by atoms with Crippen LogP contribution < -0.4 is 10.1 Å². The van der Waals surface area contributed by atoms with Crippen LogP contribution in [0, 0.1) is 6.92 Å². The van der Waals surface area contributed by atoms with E-state index in [1.165, 1.54) is 0 Å². The lowest BCUT2D eigenvalue weighted by atomic mass is 10.4. The van der Waals surface area contributed by atoms with E-state index in [4.69, 9.17) is 9.47 Å². The summed E-state index contributed by atoms with van der Waals surface area (Å²) in [6.45, 7) is 9.21. The summed E-state index contributed by atoms with van der Waals surface area (Å²) in [7, 11) is 0. The van der Waals surface area contributed by atoms with Crippen LogP contribution in [0.4, 0.5) is 5.95 Å². The molecule has 108 valence electrons. The fourth-order valence-electron chi connectivity index (χ4n) is 1.52. The minimum Gasteiger partial charge on any atom is -0.478 e. The molecule has 5 heteroatoms. The molecule has 1 rings (SSSR count). The van der Waals surface area contributed by atoms with Gasteiger partial charge < -0.3 is 14.8 Å². The maximum Gasteiger partial charge on any atom is 0.226 e. The van der Waals surface area contributed by atoms with Crippen molar-refractivity contribution in [2.75, 3.05) is 31.7 Å². The number of rotatable bonds is 10. The first-order valence-corrected chi connectivity index (χ1v) is 7.06. The first-order valence-electron chi connectivity index (χ1n) is 7.06. The van der Waals surface area contributed by atoms with Crippen molar-refractivity contribution >= 4 is 5.95 Å². The van der Waals surface area contributed by atoms with E-state index in [0.29, 0.717) is 18.4 Å². The van der Waals surface area contributed by atoms with E-state index >= 15 is 0 Å². The number of aryl methyl sites for hydroxylation is 1. The van der Waals surface area contributed by atoms with Crippen LogP contribution in [0.15, 0.2) is 6.07 Å². The molecule has 0 radical (unpaired) electrons. The highest BCUT2D eigenvalue weighted by atomic mass is 16.5. The van der Waals surface area contributed by atoms with E-state index < -0.39 is 0 Å². The Morgan fingerprint density at radius 3 is 2.63 bits per heavy atom. The normalized spacial score (nSPS) is 10.5. The van der Waals surface area contributed by atoms with E-state index in [2.05, 4.69) is 29.1 Å². The fraction of sp³-hybridized carbons (Fsp3) is 0.714. The van der Waals surface area contributed by atoms with Crippen molar-refractivity contribution in [1.82, 2.24) is 9.97 Å². The number of nitrogens with zero attached hydrogens (tertiary/aromatic N) is 2. The second kappa shape index (κ2) is 9.55. The third-order valence-corrected chi connectivity index (χ3v) is 2.38. The Hall–Kier alpha value is -1.36. The van der Waals surface area contributed by atoms with Crippen LogP contribution in [-0.4, -0.2) is 36.3 Å². The zero-order chi connectivity index (χ0) is 13.9. The number of hydrogen-bond donors (Lipinski definition) is 1. The summed E-state index contributed by atoms with van der Waals surface area (Å²) in [6.07, 6.45) is 2.98. The molecule has 0 aliphatic heterocycles. The van der Waals surface area contributed by atoms with Gasteiger partial charge in [-0.2, -0.15) is 4.98 Å². The second-order valence-corrected chi connectivity index (χ2v) is 4.41. The lowest BCUT2D eigenvalue weighted by Gasteiger charge is -2.09. The van der Waals surface area contributed by atoms with Gasteiger partial charge in [0.1, 0.15) is 0 Å². The summed E-state index contributed by atoms with van der Waals surface area (Å²) in [6, 6.07) is 1.85. The third kappa shape index (κ3) is 6.96. The molecule has 0 aromatic carbocycles. The van der Waals surface area contributed by atoms with Crippen molar-refractivity contribution < 1.29 is 9.47 Å². The maximum absolute atomic E-state index is 5.52. The first kappa shape index (κ1) is 15.7. The smallest absolute Gasteiger partial charge is 0.226 e. The van der Waals surface area contributed by atoms with Gasteiger partial charge in [-0.05, 0) is 26.2 Å². The Bertz CT molecular complexity index is 359. The Labute approximate surface area is 115 Å². The Morgan fingerprint density at radius 1 is 1.11 bits per heavy atom. The van der Waals surface area contributed by atoms with Gasteiger partial charge in [0, 0.05) is 31.5 Å². The van der Waals surface area contributed by atoms with E-state index in [9.17, 15) is 0 Å². The molecule has 0 amide bonds. The van der Waals surface area contributed by atoms with Gasteiger partial charge in [0.05, 0.1) is 6.61 Å². The molecule has 1 heterocycles. The molecule has 0 unspecified atom stereocenters. The Kier molecular flexibility index (Phi) is 7.89. The average Bonchev–Trinajstić information content (AvgIpc) is 2.40. The first-order chi connectivity index (χ1) is 9.26. The van der Waals surface area contributed by atoms with Crippen molar-refractivity contribution in [2.45, 2.75) is 40.0 Å². The minimum atomic E-state index is 0.626. The van der Waals surface area contributed by atoms with Crippen LogP contribution in [0.1, 0.15) is 38.8 Å². The van der Waals surface area contributed by atoms with Crippen molar-refractivity contribution in [1.29, 1.82) is 0 Å². The molecule has 0 aliphatic rings. The molecule has 19 heavy (non-hydrogen) atoms.